The van der Waals surface area contributed by atoms with Gasteiger partial charge in [-0.1, -0.05) is 15.9 Å². The zero-order chi connectivity index (χ0) is 10.3. The fourth-order valence-corrected chi connectivity index (χ4v) is 2.19. The molecule has 2 rings (SSSR count). The van der Waals surface area contributed by atoms with E-state index in [2.05, 4.69) is 15.9 Å². The lowest BCUT2D eigenvalue weighted by Crippen LogP contribution is -2.13. The molecule has 0 unspecified atom stereocenters. The maximum absolute atomic E-state index is 9.79. The second-order valence-electron chi connectivity index (χ2n) is 3.76. The molecule has 0 bridgehead atoms. The number of hydrogen-bond acceptors (Lipinski definition) is 3. The van der Waals surface area contributed by atoms with E-state index in [1.165, 1.54) is 0 Å². The molecule has 0 aromatic heterocycles. The van der Waals surface area contributed by atoms with E-state index in [9.17, 15) is 5.11 Å². The standard InChI is InChI=1S/C10H13BrN2O.ClH/c11-6-3-4-7(12)10(14)8(6)9(13)5-1-2-5;/h3-5,9,14H,1-2,12-13H2;1H/t9-;/m1./s1. The Hall–Kier alpha value is -0.450. The second-order valence-corrected chi connectivity index (χ2v) is 4.62. The minimum Gasteiger partial charge on any atom is -0.505 e. The Labute approximate surface area is 103 Å². The number of nitrogens with two attached hydrogens (primary N) is 2. The second kappa shape index (κ2) is 4.60. The Morgan fingerprint density at radius 1 is 1.40 bits per heavy atom. The maximum atomic E-state index is 9.79. The molecular weight excluding hydrogens is 279 g/mol. The minimum absolute atomic E-state index is 0. The van der Waals surface area contributed by atoms with Gasteiger partial charge >= 0.3 is 0 Å². The van der Waals surface area contributed by atoms with Gasteiger partial charge in [0.05, 0.1) is 5.69 Å². The first-order valence-electron chi connectivity index (χ1n) is 4.63. The van der Waals surface area contributed by atoms with Crippen molar-refractivity contribution in [3.05, 3.63) is 22.2 Å². The first-order chi connectivity index (χ1) is 6.61. The molecule has 1 atom stereocenters. The molecule has 5 N–H and O–H groups in total. The normalized spacial score (nSPS) is 16.9. The Morgan fingerprint density at radius 3 is 2.53 bits per heavy atom. The molecule has 0 aliphatic heterocycles. The van der Waals surface area contributed by atoms with Crippen molar-refractivity contribution >= 4 is 34.0 Å². The van der Waals surface area contributed by atoms with Crippen molar-refractivity contribution in [1.29, 1.82) is 0 Å². The molecule has 0 spiro atoms. The van der Waals surface area contributed by atoms with Crippen LogP contribution in [0.1, 0.15) is 24.4 Å². The van der Waals surface area contributed by atoms with Crippen LogP contribution in [-0.2, 0) is 0 Å². The molecule has 84 valence electrons. The Morgan fingerprint density at radius 2 is 2.00 bits per heavy atom. The largest absolute Gasteiger partial charge is 0.505 e. The molecule has 0 radical (unpaired) electrons. The van der Waals surface area contributed by atoms with E-state index in [4.69, 9.17) is 11.5 Å². The van der Waals surface area contributed by atoms with Gasteiger partial charge in [-0.05, 0) is 30.9 Å². The number of hydrogen-bond donors (Lipinski definition) is 3. The zero-order valence-electron chi connectivity index (χ0n) is 8.11. The van der Waals surface area contributed by atoms with Crippen LogP contribution in [-0.4, -0.2) is 5.11 Å². The van der Waals surface area contributed by atoms with Crippen LogP contribution in [0.3, 0.4) is 0 Å². The van der Waals surface area contributed by atoms with Gasteiger partial charge in [-0.3, -0.25) is 0 Å². The van der Waals surface area contributed by atoms with Crippen LogP contribution < -0.4 is 11.5 Å². The van der Waals surface area contributed by atoms with Crippen molar-refractivity contribution in [2.24, 2.45) is 11.7 Å². The van der Waals surface area contributed by atoms with Gasteiger partial charge in [0.25, 0.3) is 0 Å². The summed E-state index contributed by atoms with van der Waals surface area (Å²) < 4.78 is 0.837. The molecule has 0 amide bonds. The van der Waals surface area contributed by atoms with E-state index in [1.807, 2.05) is 6.07 Å². The zero-order valence-corrected chi connectivity index (χ0v) is 10.5. The van der Waals surface area contributed by atoms with Gasteiger partial charge < -0.3 is 16.6 Å². The third kappa shape index (κ3) is 2.38. The van der Waals surface area contributed by atoms with Crippen LogP contribution in [0.2, 0.25) is 0 Å². The molecule has 0 heterocycles. The molecule has 1 fully saturated rings. The predicted octanol–water partition coefficient (Wildman–Crippen LogP) is 2.57. The van der Waals surface area contributed by atoms with Crippen molar-refractivity contribution in [3.63, 3.8) is 0 Å². The fourth-order valence-electron chi connectivity index (χ4n) is 1.61. The molecule has 1 aromatic carbocycles. The highest BCUT2D eigenvalue weighted by Gasteiger charge is 2.32. The number of rotatable bonds is 2. The summed E-state index contributed by atoms with van der Waals surface area (Å²) >= 11 is 3.38. The number of halogens is 2. The quantitative estimate of drug-likeness (QED) is 0.579. The highest BCUT2D eigenvalue weighted by Crippen LogP contribution is 2.45. The van der Waals surface area contributed by atoms with Gasteiger partial charge in [-0.15, -0.1) is 12.4 Å². The van der Waals surface area contributed by atoms with E-state index < -0.39 is 0 Å². The van der Waals surface area contributed by atoms with Crippen LogP contribution >= 0.6 is 28.3 Å². The van der Waals surface area contributed by atoms with Gasteiger partial charge in [0.2, 0.25) is 0 Å². The highest BCUT2D eigenvalue weighted by atomic mass is 79.9. The first-order valence-corrected chi connectivity index (χ1v) is 5.43. The van der Waals surface area contributed by atoms with Gasteiger partial charge in [0.1, 0.15) is 5.75 Å². The number of benzene rings is 1. The molecule has 1 aromatic rings. The summed E-state index contributed by atoms with van der Waals surface area (Å²) in [4.78, 5) is 0. The lowest BCUT2D eigenvalue weighted by molar-refractivity contribution is 0.458. The van der Waals surface area contributed by atoms with E-state index in [-0.39, 0.29) is 24.2 Å². The fraction of sp³-hybridized carbons (Fsp3) is 0.400. The number of phenols is 1. The summed E-state index contributed by atoms with van der Waals surface area (Å²) in [5, 5.41) is 9.79. The minimum atomic E-state index is -0.104. The average Bonchev–Trinajstić information content (AvgIpc) is 2.95. The summed E-state index contributed by atoms with van der Waals surface area (Å²) in [6.45, 7) is 0. The summed E-state index contributed by atoms with van der Waals surface area (Å²) in [5.41, 5.74) is 12.8. The van der Waals surface area contributed by atoms with E-state index in [0.717, 1.165) is 22.9 Å². The predicted molar refractivity (Wildman–Crippen MR) is 67.1 cm³/mol. The van der Waals surface area contributed by atoms with Crippen molar-refractivity contribution < 1.29 is 5.11 Å². The van der Waals surface area contributed by atoms with Crippen LogP contribution in [0.5, 0.6) is 5.75 Å². The van der Waals surface area contributed by atoms with E-state index in [0.29, 0.717) is 11.6 Å². The Balaban J connectivity index is 0.00000112. The monoisotopic (exact) mass is 292 g/mol. The number of aromatic hydroxyl groups is 1. The third-order valence-electron chi connectivity index (χ3n) is 2.66. The summed E-state index contributed by atoms with van der Waals surface area (Å²) in [5.74, 6) is 0.623. The molecule has 1 saturated carbocycles. The van der Waals surface area contributed by atoms with Crippen LogP contribution in [0.4, 0.5) is 5.69 Å². The number of anilines is 1. The SMILES string of the molecule is Cl.Nc1ccc(Br)c([C@H](N)C2CC2)c1O. The number of phenolic OH excluding ortho intramolecular Hbond substituents is 1. The molecule has 1 aliphatic carbocycles. The molecular formula is C10H14BrClN2O. The van der Waals surface area contributed by atoms with Crippen LogP contribution in [0.25, 0.3) is 0 Å². The third-order valence-corrected chi connectivity index (χ3v) is 3.35. The highest BCUT2D eigenvalue weighted by molar-refractivity contribution is 9.10. The van der Waals surface area contributed by atoms with Crippen LogP contribution in [0, 0.1) is 5.92 Å². The Bertz CT molecular complexity index is 369. The van der Waals surface area contributed by atoms with Gasteiger partial charge in [-0.2, -0.15) is 0 Å². The Kier molecular flexibility index (Phi) is 3.87. The lowest BCUT2D eigenvalue weighted by Gasteiger charge is -2.15. The van der Waals surface area contributed by atoms with Gasteiger partial charge in [-0.25, -0.2) is 0 Å². The number of nitrogen functional groups attached to an aromatic ring is 1. The molecule has 3 nitrogen and oxygen atoms in total. The first kappa shape index (κ1) is 12.6. The summed E-state index contributed by atoms with van der Waals surface area (Å²) in [7, 11) is 0. The van der Waals surface area contributed by atoms with Crippen molar-refractivity contribution in [3.8, 4) is 5.75 Å². The van der Waals surface area contributed by atoms with E-state index >= 15 is 0 Å². The van der Waals surface area contributed by atoms with Crippen molar-refractivity contribution in [2.45, 2.75) is 18.9 Å². The molecule has 15 heavy (non-hydrogen) atoms. The summed E-state index contributed by atoms with van der Waals surface area (Å²) in [6, 6.07) is 3.39. The van der Waals surface area contributed by atoms with Crippen LogP contribution in [0.15, 0.2) is 16.6 Å². The maximum Gasteiger partial charge on any atom is 0.144 e. The van der Waals surface area contributed by atoms with Gasteiger partial charge in [0.15, 0.2) is 0 Å². The van der Waals surface area contributed by atoms with Crippen molar-refractivity contribution in [2.75, 3.05) is 5.73 Å². The van der Waals surface area contributed by atoms with Gasteiger partial charge in [0, 0.05) is 16.1 Å². The van der Waals surface area contributed by atoms with E-state index in [1.54, 1.807) is 6.07 Å². The smallest absolute Gasteiger partial charge is 0.144 e. The molecule has 0 saturated heterocycles. The summed E-state index contributed by atoms with van der Waals surface area (Å²) in [6.07, 6.45) is 2.28. The molecule has 1 aliphatic rings. The van der Waals surface area contributed by atoms with Crippen molar-refractivity contribution in [1.82, 2.24) is 0 Å². The molecule has 5 heteroatoms. The topological polar surface area (TPSA) is 72.3 Å². The lowest BCUT2D eigenvalue weighted by atomic mass is 10.0. The average molecular weight is 294 g/mol.